The Morgan fingerprint density at radius 1 is 1.42 bits per heavy atom. The van der Waals surface area contributed by atoms with E-state index in [0.717, 1.165) is 45.3 Å². The van der Waals surface area contributed by atoms with Crippen molar-refractivity contribution in [2.75, 3.05) is 40.0 Å². The summed E-state index contributed by atoms with van der Waals surface area (Å²) in [6.45, 7) is 11.0. The Labute approximate surface area is 175 Å². The maximum absolute atomic E-state index is 5.95. The number of morpholine rings is 1. The average molecular weight is 480 g/mol. The number of aliphatic imine (C=N–C) groups is 1. The van der Waals surface area contributed by atoms with Gasteiger partial charge in [0.1, 0.15) is 0 Å². The second-order valence-corrected chi connectivity index (χ2v) is 7.93. The molecule has 6 nitrogen and oxygen atoms in total. The second kappa shape index (κ2) is 9.89. The molecule has 2 N–H and O–H groups in total. The summed E-state index contributed by atoms with van der Waals surface area (Å²) in [6, 6.07) is 1.45. The number of hydrogen-bond donors (Lipinski definition) is 2. The van der Waals surface area contributed by atoms with Crippen LogP contribution in [0.1, 0.15) is 46.5 Å². The molecule has 1 spiro atoms. The standard InChI is InChI=1S/C19H36N4O2.HI/c1-5-25-17-11-16(19(17)7-6-8-19)22-18(20-4)21-12-14(2)23-9-10-24-13-15(23)3;/h14-17H,5-13H2,1-4H3,(H2,20,21,22);1H. The highest BCUT2D eigenvalue weighted by atomic mass is 127. The number of halogens is 1. The Bertz CT molecular complexity index is 472. The lowest BCUT2D eigenvalue weighted by molar-refractivity contribution is -0.168. The molecule has 3 rings (SSSR count). The molecule has 0 aromatic carbocycles. The zero-order chi connectivity index (χ0) is 17.9. The van der Waals surface area contributed by atoms with Crippen molar-refractivity contribution in [3.8, 4) is 0 Å². The van der Waals surface area contributed by atoms with Crippen LogP contribution in [-0.4, -0.2) is 75.0 Å². The third kappa shape index (κ3) is 4.47. The van der Waals surface area contributed by atoms with Gasteiger partial charge >= 0.3 is 0 Å². The molecule has 26 heavy (non-hydrogen) atoms. The molecule has 3 fully saturated rings. The van der Waals surface area contributed by atoms with Crippen LogP contribution >= 0.6 is 24.0 Å². The van der Waals surface area contributed by atoms with E-state index in [1.807, 2.05) is 7.05 Å². The number of nitrogens with zero attached hydrogens (tertiary/aromatic N) is 2. The molecule has 4 atom stereocenters. The Balaban J connectivity index is 0.00000243. The predicted molar refractivity (Wildman–Crippen MR) is 116 cm³/mol. The van der Waals surface area contributed by atoms with Crippen molar-refractivity contribution in [3.63, 3.8) is 0 Å². The van der Waals surface area contributed by atoms with Gasteiger partial charge in [0, 0.05) is 50.3 Å². The van der Waals surface area contributed by atoms with Gasteiger partial charge in [0.05, 0.1) is 19.3 Å². The molecule has 0 amide bonds. The van der Waals surface area contributed by atoms with Crippen molar-refractivity contribution in [3.05, 3.63) is 0 Å². The van der Waals surface area contributed by atoms with Crippen molar-refractivity contribution in [1.29, 1.82) is 0 Å². The molecule has 0 aromatic heterocycles. The van der Waals surface area contributed by atoms with E-state index in [1.165, 1.54) is 19.3 Å². The van der Waals surface area contributed by atoms with Gasteiger partial charge in [-0.05, 0) is 40.0 Å². The largest absolute Gasteiger partial charge is 0.379 e. The van der Waals surface area contributed by atoms with Crippen LogP contribution in [0.2, 0.25) is 0 Å². The van der Waals surface area contributed by atoms with Crippen LogP contribution < -0.4 is 10.6 Å². The quantitative estimate of drug-likeness (QED) is 0.347. The molecule has 0 aromatic rings. The summed E-state index contributed by atoms with van der Waals surface area (Å²) in [6.07, 6.45) is 5.45. The lowest BCUT2D eigenvalue weighted by atomic mass is 9.51. The molecule has 2 saturated carbocycles. The first-order chi connectivity index (χ1) is 12.1. The van der Waals surface area contributed by atoms with Gasteiger partial charge in [0.25, 0.3) is 0 Å². The zero-order valence-corrected chi connectivity index (χ0v) is 19.1. The maximum Gasteiger partial charge on any atom is 0.191 e. The van der Waals surface area contributed by atoms with Gasteiger partial charge in [-0.25, -0.2) is 0 Å². The highest BCUT2D eigenvalue weighted by molar-refractivity contribution is 14.0. The van der Waals surface area contributed by atoms with E-state index in [-0.39, 0.29) is 24.0 Å². The van der Waals surface area contributed by atoms with Crippen LogP contribution in [0.15, 0.2) is 4.99 Å². The molecule has 0 radical (unpaired) electrons. The lowest BCUT2D eigenvalue weighted by Crippen LogP contribution is -2.68. The number of ether oxygens (including phenoxy) is 2. The van der Waals surface area contributed by atoms with Gasteiger partial charge < -0.3 is 20.1 Å². The first-order valence-electron chi connectivity index (χ1n) is 10.0. The van der Waals surface area contributed by atoms with E-state index in [1.54, 1.807) is 0 Å². The highest BCUT2D eigenvalue weighted by Crippen LogP contribution is 2.57. The van der Waals surface area contributed by atoms with Gasteiger partial charge in [-0.3, -0.25) is 9.89 Å². The SMILES string of the molecule is CCOC1CC(NC(=NC)NCC(C)N2CCOCC2C)C12CCC2.I. The first-order valence-corrected chi connectivity index (χ1v) is 10.0. The van der Waals surface area contributed by atoms with Crippen molar-refractivity contribution in [1.82, 2.24) is 15.5 Å². The van der Waals surface area contributed by atoms with Crippen molar-refractivity contribution >= 4 is 29.9 Å². The van der Waals surface area contributed by atoms with Gasteiger partial charge in [0.2, 0.25) is 0 Å². The van der Waals surface area contributed by atoms with Gasteiger partial charge in [-0.15, -0.1) is 24.0 Å². The maximum atomic E-state index is 5.95. The molecule has 3 aliphatic rings. The Kier molecular flexibility index (Phi) is 8.43. The number of rotatable bonds is 6. The minimum absolute atomic E-state index is 0. The molecule has 0 bridgehead atoms. The van der Waals surface area contributed by atoms with Crippen LogP contribution in [-0.2, 0) is 9.47 Å². The number of nitrogens with one attached hydrogen (secondary N) is 2. The number of guanidine groups is 1. The zero-order valence-electron chi connectivity index (χ0n) is 16.8. The fraction of sp³-hybridized carbons (Fsp3) is 0.947. The predicted octanol–water partition coefficient (Wildman–Crippen LogP) is 2.23. The summed E-state index contributed by atoms with van der Waals surface area (Å²) >= 11 is 0. The highest BCUT2D eigenvalue weighted by Gasteiger charge is 2.59. The first kappa shape index (κ1) is 22.2. The lowest BCUT2D eigenvalue weighted by Gasteiger charge is -2.61. The fourth-order valence-electron chi connectivity index (χ4n) is 4.76. The summed E-state index contributed by atoms with van der Waals surface area (Å²) < 4.78 is 11.5. The second-order valence-electron chi connectivity index (χ2n) is 7.93. The van der Waals surface area contributed by atoms with Crippen molar-refractivity contribution < 1.29 is 9.47 Å². The third-order valence-corrected chi connectivity index (χ3v) is 6.52. The number of hydrogen-bond acceptors (Lipinski definition) is 4. The minimum Gasteiger partial charge on any atom is -0.379 e. The van der Waals surface area contributed by atoms with E-state index in [0.29, 0.717) is 29.6 Å². The molecule has 4 unspecified atom stereocenters. The summed E-state index contributed by atoms with van der Waals surface area (Å²) in [5.74, 6) is 0.930. The summed E-state index contributed by atoms with van der Waals surface area (Å²) in [5.41, 5.74) is 0.359. The van der Waals surface area contributed by atoms with E-state index in [9.17, 15) is 0 Å². The Morgan fingerprint density at radius 3 is 2.77 bits per heavy atom. The fourth-order valence-corrected chi connectivity index (χ4v) is 4.76. The topological polar surface area (TPSA) is 58.1 Å². The van der Waals surface area contributed by atoms with Crippen LogP contribution in [0.25, 0.3) is 0 Å². The van der Waals surface area contributed by atoms with Crippen LogP contribution in [0, 0.1) is 5.41 Å². The van der Waals surface area contributed by atoms with Gasteiger partial charge in [-0.1, -0.05) is 6.42 Å². The van der Waals surface area contributed by atoms with E-state index in [4.69, 9.17) is 9.47 Å². The van der Waals surface area contributed by atoms with Gasteiger partial charge in [0.15, 0.2) is 5.96 Å². The summed E-state index contributed by atoms with van der Waals surface area (Å²) in [7, 11) is 1.86. The van der Waals surface area contributed by atoms with Crippen LogP contribution in [0.3, 0.4) is 0 Å². The minimum atomic E-state index is 0. The Morgan fingerprint density at radius 2 is 2.19 bits per heavy atom. The molecule has 152 valence electrons. The van der Waals surface area contributed by atoms with E-state index < -0.39 is 0 Å². The van der Waals surface area contributed by atoms with Crippen LogP contribution in [0.5, 0.6) is 0 Å². The smallest absolute Gasteiger partial charge is 0.191 e. The van der Waals surface area contributed by atoms with Crippen LogP contribution in [0.4, 0.5) is 0 Å². The van der Waals surface area contributed by atoms with Crippen molar-refractivity contribution in [2.45, 2.75) is 70.7 Å². The van der Waals surface area contributed by atoms with E-state index in [2.05, 4.69) is 41.3 Å². The monoisotopic (exact) mass is 480 g/mol. The molecule has 1 saturated heterocycles. The summed E-state index contributed by atoms with van der Waals surface area (Å²) in [4.78, 5) is 6.97. The van der Waals surface area contributed by atoms with Gasteiger partial charge in [-0.2, -0.15) is 0 Å². The average Bonchev–Trinajstić information content (AvgIpc) is 2.55. The molecular formula is C19H37IN4O2. The third-order valence-electron chi connectivity index (χ3n) is 6.52. The molecule has 1 heterocycles. The molecule has 2 aliphatic carbocycles. The van der Waals surface area contributed by atoms with Crippen molar-refractivity contribution in [2.24, 2.45) is 10.4 Å². The molecule has 1 aliphatic heterocycles. The Hall–Kier alpha value is -0.120. The normalized spacial score (nSPS) is 32.2. The molecule has 7 heteroatoms. The van der Waals surface area contributed by atoms with E-state index >= 15 is 0 Å². The molecular weight excluding hydrogens is 443 g/mol. The summed E-state index contributed by atoms with van der Waals surface area (Å²) in [5, 5.41) is 7.20.